The monoisotopic (exact) mass is 213 g/mol. The summed E-state index contributed by atoms with van der Waals surface area (Å²) in [6.45, 7) is -0.507. The summed E-state index contributed by atoms with van der Waals surface area (Å²) >= 11 is 0. The van der Waals surface area contributed by atoms with Crippen LogP contribution in [0.25, 0.3) is 0 Å². The molecule has 0 fully saturated rings. The standard InChI is InChI=1S/C10H15NO4/c1-15-9-3-2-6(4-7(9)11)10(14)8(13)5-12/h2-4,8,10,12-14H,5,11H2,1H3. The Labute approximate surface area is 87.7 Å². The summed E-state index contributed by atoms with van der Waals surface area (Å²) in [6.07, 6.45) is -2.36. The summed E-state index contributed by atoms with van der Waals surface area (Å²) in [5.74, 6) is 0.504. The number of aliphatic hydroxyl groups excluding tert-OH is 3. The summed E-state index contributed by atoms with van der Waals surface area (Å²) in [5, 5.41) is 27.5. The molecular weight excluding hydrogens is 198 g/mol. The highest BCUT2D eigenvalue weighted by Crippen LogP contribution is 2.26. The number of ether oxygens (including phenoxy) is 1. The molecule has 0 heterocycles. The molecule has 0 amide bonds. The van der Waals surface area contributed by atoms with Gasteiger partial charge in [-0.3, -0.25) is 0 Å². The van der Waals surface area contributed by atoms with E-state index < -0.39 is 18.8 Å². The highest BCUT2D eigenvalue weighted by atomic mass is 16.5. The zero-order valence-electron chi connectivity index (χ0n) is 8.42. The van der Waals surface area contributed by atoms with Crippen molar-refractivity contribution in [1.29, 1.82) is 0 Å². The third-order valence-electron chi connectivity index (χ3n) is 2.15. The first-order valence-electron chi connectivity index (χ1n) is 4.50. The maximum Gasteiger partial charge on any atom is 0.141 e. The van der Waals surface area contributed by atoms with Crippen molar-refractivity contribution in [2.45, 2.75) is 12.2 Å². The lowest BCUT2D eigenvalue weighted by Gasteiger charge is -2.16. The quantitative estimate of drug-likeness (QED) is 0.513. The molecule has 5 heteroatoms. The fourth-order valence-corrected chi connectivity index (χ4v) is 1.26. The minimum atomic E-state index is -1.21. The van der Waals surface area contributed by atoms with Crippen molar-refractivity contribution in [3.8, 4) is 5.75 Å². The first kappa shape index (κ1) is 11.8. The lowest BCUT2D eigenvalue weighted by Crippen LogP contribution is -2.22. The molecule has 5 nitrogen and oxygen atoms in total. The second-order valence-corrected chi connectivity index (χ2v) is 3.20. The van der Waals surface area contributed by atoms with E-state index in [1.54, 1.807) is 12.1 Å². The number of nitrogen functional groups attached to an aromatic ring is 1. The van der Waals surface area contributed by atoms with E-state index in [4.69, 9.17) is 15.6 Å². The first-order chi connectivity index (χ1) is 7.10. The van der Waals surface area contributed by atoms with Gasteiger partial charge in [0.15, 0.2) is 0 Å². The van der Waals surface area contributed by atoms with Crippen LogP contribution in [-0.2, 0) is 0 Å². The van der Waals surface area contributed by atoms with Gasteiger partial charge in [-0.1, -0.05) is 6.07 Å². The molecule has 0 aliphatic carbocycles. The van der Waals surface area contributed by atoms with Crippen LogP contribution in [0, 0.1) is 0 Å². The van der Waals surface area contributed by atoms with E-state index in [1.807, 2.05) is 0 Å². The fraction of sp³-hybridized carbons (Fsp3) is 0.400. The summed E-state index contributed by atoms with van der Waals surface area (Å²) in [4.78, 5) is 0. The number of rotatable bonds is 4. The molecule has 0 aliphatic heterocycles. The Morgan fingerprint density at radius 3 is 2.53 bits per heavy atom. The Kier molecular flexibility index (Phi) is 3.90. The normalized spacial score (nSPS) is 14.7. The number of aliphatic hydroxyl groups is 3. The van der Waals surface area contributed by atoms with Crippen molar-refractivity contribution in [3.05, 3.63) is 23.8 Å². The van der Waals surface area contributed by atoms with Crippen LogP contribution in [-0.4, -0.2) is 35.1 Å². The summed E-state index contributed by atoms with van der Waals surface area (Å²) in [7, 11) is 1.49. The van der Waals surface area contributed by atoms with Crippen LogP contribution >= 0.6 is 0 Å². The number of methoxy groups -OCH3 is 1. The van der Waals surface area contributed by atoms with E-state index in [9.17, 15) is 10.2 Å². The maximum absolute atomic E-state index is 9.57. The van der Waals surface area contributed by atoms with E-state index in [1.165, 1.54) is 13.2 Å². The lowest BCUT2D eigenvalue weighted by atomic mass is 10.0. The maximum atomic E-state index is 9.57. The molecule has 0 bridgehead atoms. The van der Waals surface area contributed by atoms with Crippen LogP contribution in [0.1, 0.15) is 11.7 Å². The van der Waals surface area contributed by atoms with Crippen LogP contribution in [0.4, 0.5) is 5.69 Å². The van der Waals surface area contributed by atoms with Crippen LogP contribution in [0.2, 0.25) is 0 Å². The van der Waals surface area contributed by atoms with Crippen molar-refractivity contribution in [2.75, 3.05) is 19.5 Å². The number of anilines is 1. The first-order valence-corrected chi connectivity index (χ1v) is 4.50. The van der Waals surface area contributed by atoms with E-state index in [-0.39, 0.29) is 0 Å². The van der Waals surface area contributed by atoms with Crippen LogP contribution in [0.15, 0.2) is 18.2 Å². The third-order valence-corrected chi connectivity index (χ3v) is 2.15. The van der Waals surface area contributed by atoms with E-state index >= 15 is 0 Å². The van der Waals surface area contributed by atoms with Gasteiger partial charge in [-0.05, 0) is 17.7 Å². The molecule has 1 aromatic rings. The fourth-order valence-electron chi connectivity index (χ4n) is 1.26. The van der Waals surface area contributed by atoms with Gasteiger partial charge < -0.3 is 25.8 Å². The van der Waals surface area contributed by atoms with Crippen molar-refractivity contribution in [2.24, 2.45) is 0 Å². The Morgan fingerprint density at radius 2 is 2.07 bits per heavy atom. The largest absolute Gasteiger partial charge is 0.495 e. The molecule has 84 valence electrons. The lowest BCUT2D eigenvalue weighted by molar-refractivity contribution is -0.0152. The smallest absolute Gasteiger partial charge is 0.141 e. The molecule has 1 rings (SSSR count). The molecule has 0 saturated carbocycles. The minimum absolute atomic E-state index is 0.374. The van der Waals surface area contributed by atoms with Gasteiger partial charge in [0, 0.05) is 0 Å². The van der Waals surface area contributed by atoms with Gasteiger partial charge in [0.25, 0.3) is 0 Å². The molecule has 1 aromatic carbocycles. The van der Waals surface area contributed by atoms with Gasteiger partial charge in [0.2, 0.25) is 0 Å². The van der Waals surface area contributed by atoms with Crippen LogP contribution < -0.4 is 10.5 Å². The minimum Gasteiger partial charge on any atom is -0.495 e. The average molecular weight is 213 g/mol. The average Bonchev–Trinajstić information content (AvgIpc) is 2.26. The zero-order chi connectivity index (χ0) is 11.4. The highest BCUT2D eigenvalue weighted by molar-refractivity contribution is 5.54. The SMILES string of the molecule is COc1ccc(C(O)C(O)CO)cc1N. The summed E-state index contributed by atoms with van der Waals surface area (Å²) in [6, 6.07) is 4.68. The number of hydrogen-bond acceptors (Lipinski definition) is 5. The zero-order valence-corrected chi connectivity index (χ0v) is 8.42. The predicted molar refractivity (Wildman–Crippen MR) is 55.5 cm³/mol. The van der Waals surface area contributed by atoms with Crippen molar-refractivity contribution < 1.29 is 20.1 Å². The second kappa shape index (κ2) is 4.97. The van der Waals surface area contributed by atoms with E-state index in [0.717, 1.165) is 0 Å². The van der Waals surface area contributed by atoms with E-state index in [2.05, 4.69) is 0 Å². The summed E-state index contributed by atoms with van der Waals surface area (Å²) < 4.78 is 4.95. The van der Waals surface area contributed by atoms with Crippen molar-refractivity contribution in [3.63, 3.8) is 0 Å². The van der Waals surface area contributed by atoms with Crippen LogP contribution in [0.3, 0.4) is 0 Å². The van der Waals surface area contributed by atoms with E-state index in [0.29, 0.717) is 17.0 Å². The molecule has 0 radical (unpaired) electrons. The summed E-state index contributed by atoms with van der Waals surface area (Å²) in [5.41, 5.74) is 6.44. The Bertz CT molecular complexity index is 329. The molecule has 2 atom stereocenters. The molecule has 0 aliphatic rings. The van der Waals surface area contributed by atoms with Gasteiger partial charge in [-0.25, -0.2) is 0 Å². The Hall–Kier alpha value is -1.30. The van der Waals surface area contributed by atoms with Gasteiger partial charge in [0.1, 0.15) is 18.0 Å². The predicted octanol–water partition coefficient (Wildman–Crippen LogP) is -0.336. The van der Waals surface area contributed by atoms with Crippen molar-refractivity contribution in [1.82, 2.24) is 0 Å². The van der Waals surface area contributed by atoms with Gasteiger partial charge >= 0.3 is 0 Å². The topological polar surface area (TPSA) is 95.9 Å². The molecular formula is C10H15NO4. The third kappa shape index (κ3) is 2.59. The number of hydrogen-bond donors (Lipinski definition) is 4. The molecule has 0 aromatic heterocycles. The van der Waals surface area contributed by atoms with Gasteiger partial charge in [-0.15, -0.1) is 0 Å². The molecule has 15 heavy (non-hydrogen) atoms. The molecule has 5 N–H and O–H groups in total. The molecule has 0 saturated heterocycles. The molecule has 0 spiro atoms. The number of nitrogens with two attached hydrogens (primary N) is 1. The van der Waals surface area contributed by atoms with Crippen molar-refractivity contribution >= 4 is 5.69 Å². The second-order valence-electron chi connectivity index (χ2n) is 3.20. The highest BCUT2D eigenvalue weighted by Gasteiger charge is 2.18. The Balaban J connectivity index is 2.92. The Morgan fingerprint density at radius 1 is 1.40 bits per heavy atom. The molecule has 2 unspecified atom stereocenters. The van der Waals surface area contributed by atoms with Gasteiger partial charge in [0.05, 0.1) is 19.4 Å². The number of benzene rings is 1. The van der Waals surface area contributed by atoms with Crippen LogP contribution in [0.5, 0.6) is 5.75 Å². The van der Waals surface area contributed by atoms with Gasteiger partial charge in [-0.2, -0.15) is 0 Å².